The lowest BCUT2D eigenvalue weighted by Gasteiger charge is -2.26. The standard InChI is InChI=1S/C14H13BrO3S/c1-16-12-4-2-10(3-5-12)14(17-6-7-18-14)13-8-11(15)9-19-13/h2-5,8-9H,6-7H2,1H3. The van der Waals surface area contributed by atoms with Gasteiger partial charge in [0.05, 0.1) is 25.2 Å². The van der Waals surface area contributed by atoms with Gasteiger partial charge < -0.3 is 14.2 Å². The Labute approximate surface area is 124 Å². The van der Waals surface area contributed by atoms with Crippen LogP contribution in [0.2, 0.25) is 0 Å². The quantitative estimate of drug-likeness (QED) is 0.851. The molecular weight excluding hydrogens is 328 g/mol. The summed E-state index contributed by atoms with van der Waals surface area (Å²) in [6.07, 6.45) is 0. The molecule has 1 aliphatic heterocycles. The fraction of sp³-hybridized carbons (Fsp3) is 0.286. The maximum atomic E-state index is 5.93. The van der Waals surface area contributed by atoms with Crippen LogP contribution in [0.5, 0.6) is 5.75 Å². The van der Waals surface area contributed by atoms with E-state index in [0.717, 1.165) is 20.7 Å². The Morgan fingerprint density at radius 1 is 1.21 bits per heavy atom. The van der Waals surface area contributed by atoms with E-state index in [0.29, 0.717) is 13.2 Å². The van der Waals surface area contributed by atoms with Gasteiger partial charge in [0.25, 0.3) is 0 Å². The SMILES string of the molecule is COc1ccc(C2(c3cc(Br)cs3)OCCO2)cc1. The predicted molar refractivity (Wildman–Crippen MR) is 77.7 cm³/mol. The second kappa shape index (κ2) is 5.25. The molecule has 1 aliphatic rings. The highest BCUT2D eigenvalue weighted by Gasteiger charge is 2.41. The Balaban J connectivity index is 2.04. The van der Waals surface area contributed by atoms with Crippen molar-refractivity contribution in [2.75, 3.05) is 20.3 Å². The number of benzene rings is 1. The molecule has 0 radical (unpaired) electrons. The third-order valence-electron chi connectivity index (χ3n) is 3.06. The first kappa shape index (κ1) is 13.1. The van der Waals surface area contributed by atoms with Gasteiger partial charge in [0.1, 0.15) is 5.75 Å². The summed E-state index contributed by atoms with van der Waals surface area (Å²) in [4.78, 5) is 1.04. The Kier molecular flexibility index (Phi) is 3.62. The van der Waals surface area contributed by atoms with Crippen LogP contribution >= 0.6 is 27.3 Å². The summed E-state index contributed by atoms with van der Waals surface area (Å²) in [7, 11) is 1.66. The van der Waals surface area contributed by atoms with E-state index in [1.54, 1.807) is 18.4 Å². The summed E-state index contributed by atoms with van der Waals surface area (Å²) in [5.41, 5.74) is 0.986. The van der Waals surface area contributed by atoms with E-state index in [2.05, 4.69) is 15.9 Å². The minimum Gasteiger partial charge on any atom is -0.497 e. The first-order chi connectivity index (χ1) is 9.24. The number of halogens is 1. The van der Waals surface area contributed by atoms with Crippen molar-refractivity contribution in [3.63, 3.8) is 0 Å². The molecule has 1 fully saturated rings. The van der Waals surface area contributed by atoms with E-state index in [9.17, 15) is 0 Å². The van der Waals surface area contributed by atoms with Crippen molar-refractivity contribution in [3.8, 4) is 5.75 Å². The average molecular weight is 341 g/mol. The third-order valence-corrected chi connectivity index (χ3v) is 4.83. The lowest BCUT2D eigenvalue weighted by Crippen LogP contribution is -2.27. The molecule has 1 aromatic heterocycles. The van der Waals surface area contributed by atoms with Crippen LogP contribution in [0.15, 0.2) is 40.2 Å². The summed E-state index contributed by atoms with van der Waals surface area (Å²) < 4.78 is 18.1. The smallest absolute Gasteiger partial charge is 0.232 e. The van der Waals surface area contributed by atoms with Gasteiger partial charge in [0, 0.05) is 15.4 Å². The second-order valence-corrected chi connectivity index (χ2v) is 6.00. The summed E-state index contributed by atoms with van der Waals surface area (Å²) in [5.74, 6) is 0.0485. The molecule has 2 aromatic rings. The highest BCUT2D eigenvalue weighted by atomic mass is 79.9. The van der Waals surface area contributed by atoms with E-state index in [1.807, 2.05) is 35.7 Å². The van der Waals surface area contributed by atoms with Gasteiger partial charge in [-0.15, -0.1) is 11.3 Å². The second-order valence-electron chi connectivity index (χ2n) is 4.17. The van der Waals surface area contributed by atoms with Crippen molar-refractivity contribution in [1.82, 2.24) is 0 Å². The first-order valence-corrected chi connectivity index (χ1v) is 7.59. The monoisotopic (exact) mass is 340 g/mol. The lowest BCUT2D eigenvalue weighted by molar-refractivity contribution is -0.127. The zero-order valence-corrected chi connectivity index (χ0v) is 12.8. The molecule has 2 heterocycles. The van der Waals surface area contributed by atoms with Gasteiger partial charge in [-0.1, -0.05) is 0 Å². The van der Waals surface area contributed by atoms with Crippen molar-refractivity contribution < 1.29 is 14.2 Å². The van der Waals surface area contributed by atoms with Crippen molar-refractivity contribution in [2.24, 2.45) is 0 Å². The van der Waals surface area contributed by atoms with Crippen LogP contribution in [0.1, 0.15) is 10.4 Å². The molecule has 0 bridgehead atoms. The van der Waals surface area contributed by atoms with Crippen LogP contribution in [0, 0.1) is 0 Å². The molecule has 0 saturated carbocycles. The zero-order chi connectivity index (χ0) is 13.3. The van der Waals surface area contributed by atoms with E-state index < -0.39 is 5.79 Å². The highest BCUT2D eigenvalue weighted by Crippen LogP contribution is 2.42. The van der Waals surface area contributed by atoms with Gasteiger partial charge >= 0.3 is 0 Å². The van der Waals surface area contributed by atoms with E-state index in [4.69, 9.17) is 14.2 Å². The molecule has 3 nitrogen and oxygen atoms in total. The normalized spacial score (nSPS) is 17.6. The van der Waals surface area contributed by atoms with Crippen molar-refractivity contribution in [2.45, 2.75) is 5.79 Å². The van der Waals surface area contributed by atoms with Crippen molar-refractivity contribution in [1.29, 1.82) is 0 Å². The topological polar surface area (TPSA) is 27.7 Å². The fourth-order valence-corrected chi connectivity index (χ4v) is 3.71. The highest BCUT2D eigenvalue weighted by molar-refractivity contribution is 9.10. The zero-order valence-electron chi connectivity index (χ0n) is 10.4. The molecule has 5 heteroatoms. The van der Waals surface area contributed by atoms with Crippen LogP contribution in [0.3, 0.4) is 0 Å². The van der Waals surface area contributed by atoms with Gasteiger partial charge in [0.15, 0.2) is 0 Å². The molecular formula is C14H13BrO3S. The summed E-state index contributed by atoms with van der Waals surface area (Å²) in [6, 6.07) is 9.85. The van der Waals surface area contributed by atoms with Crippen LogP contribution in [0.4, 0.5) is 0 Å². The van der Waals surface area contributed by atoms with Crippen molar-refractivity contribution in [3.05, 3.63) is 50.6 Å². The number of thiophene rings is 1. The summed E-state index contributed by atoms with van der Waals surface area (Å²) in [6.45, 7) is 1.20. The molecule has 0 spiro atoms. The van der Waals surface area contributed by atoms with Crippen LogP contribution in [0.25, 0.3) is 0 Å². The van der Waals surface area contributed by atoms with Crippen molar-refractivity contribution >= 4 is 27.3 Å². The molecule has 3 rings (SSSR count). The van der Waals surface area contributed by atoms with Gasteiger partial charge in [0.2, 0.25) is 5.79 Å². The lowest BCUT2D eigenvalue weighted by atomic mass is 10.0. The minimum atomic E-state index is -0.775. The molecule has 0 unspecified atom stereocenters. The number of hydrogen-bond donors (Lipinski definition) is 0. The Bertz CT molecular complexity index is 558. The largest absolute Gasteiger partial charge is 0.497 e. The van der Waals surface area contributed by atoms with Crippen LogP contribution in [-0.2, 0) is 15.3 Å². The average Bonchev–Trinajstić information content (AvgIpc) is 3.08. The number of methoxy groups -OCH3 is 1. The minimum absolute atomic E-state index is 0.599. The Hall–Kier alpha value is -0.880. The van der Waals surface area contributed by atoms with Gasteiger partial charge in [-0.2, -0.15) is 0 Å². The summed E-state index contributed by atoms with van der Waals surface area (Å²) >= 11 is 5.10. The Morgan fingerprint density at radius 2 is 1.89 bits per heavy atom. The molecule has 0 aliphatic carbocycles. The molecule has 0 amide bonds. The molecule has 0 N–H and O–H groups in total. The van der Waals surface area contributed by atoms with E-state index in [-0.39, 0.29) is 0 Å². The number of ether oxygens (including phenoxy) is 3. The van der Waals surface area contributed by atoms with Gasteiger partial charge in [-0.3, -0.25) is 0 Å². The molecule has 1 aromatic carbocycles. The predicted octanol–water partition coefficient (Wildman–Crippen LogP) is 3.77. The third kappa shape index (κ3) is 2.31. The number of hydrogen-bond acceptors (Lipinski definition) is 4. The molecule has 19 heavy (non-hydrogen) atoms. The Morgan fingerprint density at radius 3 is 2.42 bits per heavy atom. The van der Waals surface area contributed by atoms with Crippen LogP contribution < -0.4 is 4.74 Å². The van der Waals surface area contributed by atoms with Gasteiger partial charge in [-0.25, -0.2) is 0 Å². The molecule has 100 valence electrons. The molecule has 1 saturated heterocycles. The van der Waals surface area contributed by atoms with E-state index in [1.165, 1.54) is 0 Å². The summed E-state index contributed by atoms with van der Waals surface area (Å²) in [5, 5.41) is 2.03. The van der Waals surface area contributed by atoms with Gasteiger partial charge in [-0.05, 0) is 46.3 Å². The fourth-order valence-electron chi connectivity index (χ4n) is 2.16. The maximum absolute atomic E-state index is 5.93. The van der Waals surface area contributed by atoms with Crippen LogP contribution in [-0.4, -0.2) is 20.3 Å². The number of rotatable bonds is 3. The van der Waals surface area contributed by atoms with E-state index >= 15 is 0 Å². The first-order valence-electron chi connectivity index (χ1n) is 5.91. The molecule has 0 atom stereocenters. The maximum Gasteiger partial charge on any atom is 0.232 e.